The van der Waals surface area contributed by atoms with Gasteiger partial charge in [0.05, 0.1) is 16.8 Å². The molecule has 2 aromatic heterocycles. The van der Waals surface area contributed by atoms with Gasteiger partial charge in [0.25, 0.3) is 5.56 Å². The fraction of sp³-hybridized carbons (Fsp3) is 0.333. The third-order valence-electron chi connectivity index (χ3n) is 5.59. The van der Waals surface area contributed by atoms with Crippen LogP contribution in [0, 0.1) is 5.92 Å². The van der Waals surface area contributed by atoms with Gasteiger partial charge in [-0.2, -0.15) is 5.10 Å². The predicted octanol–water partition coefficient (Wildman–Crippen LogP) is 1.49. The van der Waals surface area contributed by atoms with Crippen molar-refractivity contribution in [3.63, 3.8) is 0 Å². The van der Waals surface area contributed by atoms with Crippen molar-refractivity contribution in [3.05, 3.63) is 67.5 Å². The van der Waals surface area contributed by atoms with Crippen LogP contribution < -0.4 is 19.6 Å². The molecule has 0 saturated heterocycles. The molecule has 4 heterocycles. The quantitative estimate of drug-likeness (QED) is 0.658. The Morgan fingerprint density at radius 3 is 2.90 bits per heavy atom. The molecule has 8 heteroatoms. The molecule has 7 nitrogen and oxygen atoms in total. The van der Waals surface area contributed by atoms with Crippen LogP contribution in [0.15, 0.2) is 46.4 Å². The second-order valence-electron chi connectivity index (χ2n) is 7.54. The summed E-state index contributed by atoms with van der Waals surface area (Å²) in [6.07, 6.45) is 5.46. The molecule has 2 aliphatic heterocycles. The van der Waals surface area contributed by atoms with E-state index in [-0.39, 0.29) is 11.3 Å². The minimum absolute atomic E-state index is 0.0470. The van der Waals surface area contributed by atoms with Crippen molar-refractivity contribution in [1.82, 2.24) is 14.3 Å². The molecule has 0 aliphatic carbocycles. The Morgan fingerprint density at radius 1 is 1.38 bits per heavy atom. The number of thiazole rings is 1. The highest BCUT2D eigenvalue weighted by atomic mass is 32.1. The van der Waals surface area contributed by atoms with Gasteiger partial charge < -0.3 is 4.74 Å². The predicted molar refractivity (Wildman–Crippen MR) is 109 cm³/mol. The fourth-order valence-corrected chi connectivity index (χ4v) is 5.43. The highest BCUT2D eigenvalue weighted by molar-refractivity contribution is 7.07. The Kier molecular flexibility index (Phi) is 3.89. The van der Waals surface area contributed by atoms with Gasteiger partial charge in [0.2, 0.25) is 5.72 Å². The SMILES string of the molecule is CCn1cc(/C=c2\sc3n(c2=O)C2c4ccccc4OC(C)(N=3)C2C(C)=O)cn1. The maximum absolute atomic E-state index is 13.4. The zero-order valence-electron chi connectivity index (χ0n) is 16.3. The first-order valence-electron chi connectivity index (χ1n) is 9.55. The maximum Gasteiger partial charge on any atom is 0.270 e. The van der Waals surface area contributed by atoms with E-state index in [1.54, 1.807) is 10.8 Å². The Balaban J connectivity index is 1.78. The average Bonchev–Trinajstić information content (AvgIpc) is 3.25. The number of rotatable bonds is 3. The van der Waals surface area contributed by atoms with Crippen molar-refractivity contribution in [2.45, 2.75) is 39.1 Å². The molecule has 0 radical (unpaired) electrons. The van der Waals surface area contributed by atoms with Gasteiger partial charge in [0.15, 0.2) is 4.80 Å². The van der Waals surface area contributed by atoms with Crippen molar-refractivity contribution in [2.24, 2.45) is 10.9 Å². The molecule has 0 saturated carbocycles. The summed E-state index contributed by atoms with van der Waals surface area (Å²) < 4.78 is 10.2. The Bertz CT molecular complexity index is 1320. The molecule has 148 valence electrons. The summed E-state index contributed by atoms with van der Waals surface area (Å²) >= 11 is 1.32. The van der Waals surface area contributed by atoms with Crippen LogP contribution in [-0.2, 0) is 11.3 Å². The standard InChI is InChI=1S/C21H20N4O3S/c1-4-24-11-13(10-22-24)9-16-19(27)25-18-14-7-5-6-8-15(14)28-21(3,17(18)12(2)26)23-20(25)29-16/h5-11,17-18H,4H2,1-3H3/b16-9-. The van der Waals surface area contributed by atoms with E-state index >= 15 is 0 Å². The van der Waals surface area contributed by atoms with Crippen LogP contribution in [0.25, 0.3) is 6.08 Å². The van der Waals surface area contributed by atoms with Crippen molar-refractivity contribution >= 4 is 23.2 Å². The number of hydrogen-bond donors (Lipinski definition) is 0. The van der Waals surface area contributed by atoms with E-state index in [1.165, 1.54) is 18.3 Å². The largest absolute Gasteiger partial charge is 0.465 e. The van der Waals surface area contributed by atoms with E-state index in [0.717, 1.165) is 17.7 Å². The maximum atomic E-state index is 13.4. The van der Waals surface area contributed by atoms with Gasteiger partial charge in [0.1, 0.15) is 17.5 Å². The zero-order valence-corrected chi connectivity index (χ0v) is 17.1. The molecule has 29 heavy (non-hydrogen) atoms. The van der Waals surface area contributed by atoms with Crippen molar-refractivity contribution < 1.29 is 9.53 Å². The average molecular weight is 408 g/mol. The van der Waals surface area contributed by atoms with Gasteiger partial charge in [0, 0.05) is 23.9 Å². The molecule has 0 amide bonds. The number of nitrogens with zero attached hydrogens (tertiary/aromatic N) is 4. The Labute approximate surface area is 170 Å². The smallest absolute Gasteiger partial charge is 0.270 e. The van der Waals surface area contributed by atoms with Crippen LogP contribution in [0.2, 0.25) is 0 Å². The highest BCUT2D eigenvalue weighted by Gasteiger charge is 2.53. The molecule has 0 fully saturated rings. The lowest BCUT2D eigenvalue weighted by molar-refractivity contribution is -0.132. The first-order valence-corrected chi connectivity index (χ1v) is 10.4. The summed E-state index contributed by atoms with van der Waals surface area (Å²) in [6.45, 7) is 6.13. The van der Waals surface area contributed by atoms with E-state index in [0.29, 0.717) is 15.1 Å². The number of ether oxygens (including phenoxy) is 1. The molecule has 0 N–H and O–H groups in total. The monoisotopic (exact) mass is 408 g/mol. The summed E-state index contributed by atoms with van der Waals surface area (Å²) in [5.41, 5.74) is 0.517. The van der Waals surface area contributed by atoms with E-state index in [1.807, 2.05) is 55.1 Å². The molecule has 3 atom stereocenters. The molecule has 2 aliphatic rings. The Morgan fingerprint density at radius 2 is 2.17 bits per heavy atom. The number of aromatic nitrogens is 3. The minimum atomic E-state index is -1.04. The number of para-hydroxylation sites is 1. The van der Waals surface area contributed by atoms with Gasteiger partial charge in [-0.1, -0.05) is 29.5 Å². The van der Waals surface area contributed by atoms with Gasteiger partial charge in [-0.05, 0) is 32.9 Å². The number of carbonyl (C=O) groups excluding carboxylic acids is 1. The van der Waals surface area contributed by atoms with E-state index in [4.69, 9.17) is 9.73 Å². The molecular formula is C21H20N4O3S. The van der Waals surface area contributed by atoms with Crippen LogP contribution in [0.1, 0.15) is 37.9 Å². The van der Waals surface area contributed by atoms with Gasteiger partial charge >= 0.3 is 0 Å². The first-order chi connectivity index (χ1) is 13.9. The lowest BCUT2D eigenvalue weighted by Crippen LogP contribution is -2.58. The molecule has 1 aromatic carbocycles. The zero-order chi connectivity index (χ0) is 20.3. The first kappa shape index (κ1) is 18.1. The topological polar surface area (TPSA) is 78.5 Å². The summed E-state index contributed by atoms with van der Waals surface area (Å²) in [5, 5.41) is 4.26. The normalized spacial score (nSPS) is 25.0. The summed E-state index contributed by atoms with van der Waals surface area (Å²) in [6, 6.07) is 7.13. The lowest BCUT2D eigenvalue weighted by Gasteiger charge is -2.45. The third kappa shape index (κ3) is 2.62. The van der Waals surface area contributed by atoms with Crippen molar-refractivity contribution in [1.29, 1.82) is 0 Å². The van der Waals surface area contributed by atoms with E-state index < -0.39 is 17.7 Å². The summed E-state index contributed by atoms with van der Waals surface area (Å²) in [4.78, 5) is 31.3. The second kappa shape index (κ2) is 6.25. The van der Waals surface area contributed by atoms with Crippen LogP contribution in [-0.4, -0.2) is 25.9 Å². The third-order valence-corrected chi connectivity index (χ3v) is 6.58. The molecule has 3 unspecified atom stereocenters. The number of hydrogen-bond acceptors (Lipinski definition) is 6. The fourth-order valence-electron chi connectivity index (χ4n) is 4.33. The minimum Gasteiger partial charge on any atom is -0.465 e. The molecule has 0 spiro atoms. The number of aryl methyl sites for hydroxylation is 1. The number of carbonyl (C=O) groups is 1. The van der Waals surface area contributed by atoms with Gasteiger partial charge in [-0.25, -0.2) is 4.99 Å². The van der Waals surface area contributed by atoms with Crippen LogP contribution in [0.4, 0.5) is 0 Å². The van der Waals surface area contributed by atoms with Crippen LogP contribution >= 0.6 is 11.3 Å². The lowest BCUT2D eigenvalue weighted by atomic mass is 9.79. The van der Waals surface area contributed by atoms with Crippen LogP contribution in [0.5, 0.6) is 5.75 Å². The van der Waals surface area contributed by atoms with E-state index in [2.05, 4.69) is 5.10 Å². The molecule has 5 rings (SSSR count). The second-order valence-corrected chi connectivity index (χ2v) is 8.55. The number of fused-ring (bicyclic) bond motifs is 6. The van der Waals surface area contributed by atoms with Gasteiger partial charge in [-0.15, -0.1) is 0 Å². The van der Waals surface area contributed by atoms with Gasteiger partial charge in [-0.3, -0.25) is 18.8 Å². The van der Waals surface area contributed by atoms with E-state index in [9.17, 15) is 9.59 Å². The number of ketones is 1. The number of Topliss-reactive ketones (excluding diaryl/α,β-unsaturated/α-hetero) is 1. The molecular weight excluding hydrogens is 388 g/mol. The highest BCUT2D eigenvalue weighted by Crippen LogP contribution is 2.47. The summed E-state index contributed by atoms with van der Waals surface area (Å²) in [7, 11) is 0. The Hall–Kier alpha value is -3.00. The molecule has 2 bridgehead atoms. The van der Waals surface area contributed by atoms with Crippen molar-refractivity contribution in [3.8, 4) is 5.75 Å². The van der Waals surface area contributed by atoms with Crippen LogP contribution in [0.3, 0.4) is 0 Å². The van der Waals surface area contributed by atoms with Crippen molar-refractivity contribution in [2.75, 3.05) is 0 Å². The summed E-state index contributed by atoms with van der Waals surface area (Å²) in [5.74, 6) is 0.0573. The number of benzene rings is 1. The molecule has 3 aromatic rings.